The maximum atomic E-state index is 13.6. The Morgan fingerprint density at radius 1 is 1.31 bits per heavy atom. The molecule has 162 valence electrons. The number of aliphatic hydroxyl groups is 1. The van der Waals surface area contributed by atoms with Crippen molar-refractivity contribution in [1.82, 2.24) is 25.2 Å². The number of imidazole rings is 1. The number of nitrogens with one attached hydrogen (secondary N) is 2. The summed E-state index contributed by atoms with van der Waals surface area (Å²) in [7, 11) is 1.41. The van der Waals surface area contributed by atoms with Gasteiger partial charge in [-0.05, 0) is 20.8 Å². The summed E-state index contributed by atoms with van der Waals surface area (Å²) >= 11 is 1.62. The van der Waals surface area contributed by atoms with Crippen LogP contribution in [0.4, 0.5) is 13.2 Å². The van der Waals surface area contributed by atoms with E-state index in [2.05, 4.69) is 25.6 Å². The number of hydrogen-bond acceptors (Lipinski definition) is 5. The van der Waals surface area contributed by atoms with Gasteiger partial charge in [0.1, 0.15) is 5.82 Å². The third-order valence-electron chi connectivity index (χ3n) is 4.45. The molecule has 1 atom stereocenters. The zero-order chi connectivity index (χ0) is 21.7. The van der Waals surface area contributed by atoms with Crippen LogP contribution in [0.15, 0.2) is 17.4 Å². The van der Waals surface area contributed by atoms with Crippen LogP contribution in [0.5, 0.6) is 0 Å². The van der Waals surface area contributed by atoms with E-state index in [1.807, 2.05) is 20.8 Å². The van der Waals surface area contributed by atoms with Gasteiger partial charge in [0.25, 0.3) is 0 Å². The summed E-state index contributed by atoms with van der Waals surface area (Å²) in [5.74, 6) is -0.0606. The molecule has 3 N–H and O–H groups in total. The number of thiazole rings is 1. The second kappa shape index (κ2) is 9.57. The zero-order valence-electron chi connectivity index (χ0n) is 17.0. The summed E-state index contributed by atoms with van der Waals surface area (Å²) in [6.45, 7) is 6.71. The summed E-state index contributed by atoms with van der Waals surface area (Å²) in [5.41, 5.74) is -2.06. The second-order valence-electron chi connectivity index (χ2n) is 6.66. The monoisotopic (exact) mass is 432 g/mol. The van der Waals surface area contributed by atoms with Crippen LogP contribution in [-0.4, -0.2) is 51.4 Å². The van der Waals surface area contributed by atoms with Crippen LogP contribution in [0.3, 0.4) is 0 Å². The number of rotatable bonds is 8. The quantitative estimate of drug-likeness (QED) is 0.441. The lowest BCUT2D eigenvalue weighted by atomic mass is 9.98. The molecule has 29 heavy (non-hydrogen) atoms. The lowest BCUT2D eigenvalue weighted by Crippen LogP contribution is -2.45. The van der Waals surface area contributed by atoms with Gasteiger partial charge in [-0.15, -0.1) is 11.3 Å². The number of guanidine groups is 1. The Morgan fingerprint density at radius 2 is 2.03 bits per heavy atom. The van der Waals surface area contributed by atoms with E-state index in [-0.39, 0.29) is 6.54 Å². The second-order valence-corrected chi connectivity index (χ2v) is 7.94. The summed E-state index contributed by atoms with van der Waals surface area (Å²) in [6.07, 6.45) is -2.23. The molecule has 2 rings (SSSR count). The van der Waals surface area contributed by atoms with Crippen molar-refractivity contribution in [2.24, 2.45) is 12.0 Å². The van der Waals surface area contributed by atoms with Crippen LogP contribution in [-0.2, 0) is 19.1 Å². The number of alkyl halides is 3. The molecule has 2 aromatic rings. The molecule has 0 radical (unpaired) electrons. The first-order valence-corrected chi connectivity index (χ1v) is 10.1. The van der Waals surface area contributed by atoms with E-state index in [0.29, 0.717) is 25.5 Å². The minimum Gasteiger partial charge on any atom is -0.374 e. The van der Waals surface area contributed by atoms with Crippen molar-refractivity contribution >= 4 is 17.3 Å². The molecule has 0 aliphatic rings. The van der Waals surface area contributed by atoms with E-state index >= 15 is 0 Å². The first-order valence-electron chi connectivity index (χ1n) is 9.30. The van der Waals surface area contributed by atoms with E-state index in [9.17, 15) is 18.3 Å². The molecule has 0 saturated heterocycles. The summed E-state index contributed by atoms with van der Waals surface area (Å²) < 4.78 is 41.8. The molecule has 0 spiro atoms. The Morgan fingerprint density at radius 3 is 2.55 bits per heavy atom. The Labute approximate surface area is 172 Å². The van der Waals surface area contributed by atoms with Crippen molar-refractivity contribution < 1.29 is 18.3 Å². The van der Waals surface area contributed by atoms with Crippen molar-refractivity contribution in [3.63, 3.8) is 0 Å². The third-order valence-corrected chi connectivity index (χ3v) is 5.58. The molecule has 0 fully saturated rings. The SMILES string of the molecule is CCNC(=NCCC(O)(c1nccn1C)C(F)(F)F)NCCc1nc(C)c(C)s1. The average Bonchev–Trinajstić information content (AvgIpc) is 3.19. The van der Waals surface area contributed by atoms with Crippen molar-refractivity contribution in [2.45, 2.75) is 45.4 Å². The Balaban J connectivity index is 2.01. The van der Waals surface area contributed by atoms with E-state index < -0.39 is 24.0 Å². The normalized spacial score (nSPS) is 14.7. The van der Waals surface area contributed by atoms with E-state index in [0.717, 1.165) is 10.7 Å². The molecule has 2 heterocycles. The van der Waals surface area contributed by atoms with Gasteiger partial charge in [0, 0.05) is 56.8 Å². The van der Waals surface area contributed by atoms with Crippen LogP contribution in [0, 0.1) is 13.8 Å². The van der Waals surface area contributed by atoms with Gasteiger partial charge in [-0.3, -0.25) is 4.99 Å². The predicted octanol–water partition coefficient (Wildman–Crippen LogP) is 2.43. The highest BCUT2D eigenvalue weighted by molar-refractivity contribution is 7.11. The first-order chi connectivity index (χ1) is 13.6. The van der Waals surface area contributed by atoms with Gasteiger partial charge in [0.15, 0.2) is 5.96 Å². The molecule has 1 unspecified atom stereocenters. The minimum atomic E-state index is -4.87. The van der Waals surface area contributed by atoms with Crippen LogP contribution < -0.4 is 10.6 Å². The largest absolute Gasteiger partial charge is 0.424 e. The first kappa shape index (κ1) is 23.1. The molecular weight excluding hydrogens is 405 g/mol. The highest BCUT2D eigenvalue weighted by Crippen LogP contribution is 2.40. The smallest absolute Gasteiger partial charge is 0.374 e. The molecule has 2 aromatic heterocycles. The van der Waals surface area contributed by atoms with E-state index in [4.69, 9.17) is 0 Å². The topological polar surface area (TPSA) is 87.4 Å². The molecule has 0 aromatic carbocycles. The fraction of sp³-hybridized carbons (Fsp3) is 0.611. The van der Waals surface area contributed by atoms with Crippen molar-refractivity contribution in [1.29, 1.82) is 0 Å². The Kier molecular flexibility index (Phi) is 7.64. The standard InChI is InChI=1S/C18H27F3N6OS/c1-5-22-16(24-8-6-14-26-12(2)13(3)29-14)25-9-7-17(28,18(19,20)21)15-23-10-11-27(15)4/h10-11,28H,5-9H2,1-4H3,(H2,22,24,25). The van der Waals surface area contributed by atoms with Crippen LogP contribution >= 0.6 is 11.3 Å². The molecule has 0 bridgehead atoms. The summed E-state index contributed by atoms with van der Waals surface area (Å²) in [5, 5.41) is 17.4. The minimum absolute atomic E-state index is 0.229. The maximum absolute atomic E-state index is 13.6. The van der Waals surface area contributed by atoms with E-state index in [1.54, 1.807) is 11.3 Å². The van der Waals surface area contributed by atoms with Crippen LogP contribution in [0.25, 0.3) is 0 Å². The highest BCUT2D eigenvalue weighted by atomic mass is 32.1. The predicted molar refractivity (Wildman–Crippen MR) is 107 cm³/mol. The van der Waals surface area contributed by atoms with Gasteiger partial charge in [-0.1, -0.05) is 0 Å². The third kappa shape index (κ3) is 5.69. The fourth-order valence-electron chi connectivity index (χ4n) is 2.75. The fourth-order valence-corrected chi connectivity index (χ4v) is 3.68. The van der Waals surface area contributed by atoms with Gasteiger partial charge >= 0.3 is 6.18 Å². The number of halogens is 3. The highest BCUT2D eigenvalue weighted by Gasteiger charge is 2.57. The molecular formula is C18H27F3N6OS. The van der Waals surface area contributed by atoms with Gasteiger partial charge in [-0.2, -0.15) is 13.2 Å². The molecule has 7 nitrogen and oxygen atoms in total. The number of aromatic nitrogens is 3. The van der Waals surface area contributed by atoms with Crippen LogP contribution in [0.2, 0.25) is 0 Å². The number of nitrogens with zero attached hydrogens (tertiary/aromatic N) is 4. The maximum Gasteiger partial charge on any atom is 0.424 e. The zero-order valence-corrected chi connectivity index (χ0v) is 17.8. The van der Waals surface area contributed by atoms with Gasteiger partial charge in [0.2, 0.25) is 5.60 Å². The van der Waals surface area contributed by atoms with Crippen molar-refractivity contribution in [3.8, 4) is 0 Å². The summed E-state index contributed by atoms with van der Waals surface area (Å²) in [6, 6.07) is 0. The van der Waals surface area contributed by atoms with Crippen LogP contribution in [0.1, 0.15) is 34.7 Å². The lowest BCUT2D eigenvalue weighted by molar-refractivity contribution is -0.272. The summed E-state index contributed by atoms with van der Waals surface area (Å²) in [4.78, 5) is 13.5. The number of aryl methyl sites for hydroxylation is 3. The van der Waals surface area contributed by atoms with Gasteiger partial charge in [0.05, 0.1) is 10.7 Å². The lowest BCUT2D eigenvalue weighted by Gasteiger charge is -2.29. The Hall–Kier alpha value is -2.14. The van der Waals surface area contributed by atoms with E-state index in [1.165, 1.54) is 28.9 Å². The van der Waals surface area contributed by atoms with Crippen molar-refractivity contribution in [2.75, 3.05) is 19.6 Å². The molecule has 0 aliphatic carbocycles. The molecule has 0 aliphatic heterocycles. The number of aliphatic imine (C=N–C) groups is 1. The number of hydrogen-bond donors (Lipinski definition) is 3. The molecule has 0 saturated carbocycles. The Bertz CT molecular complexity index is 812. The van der Waals surface area contributed by atoms with Gasteiger partial charge < -0.3 is 20.3 Å². The van der Waals surface area contributed by atoms with Gasteiger partial charge in [-0.25, -0.2) is 9.97 Å². The molecule has 11 heteroatoms. The average molecular weight is 433 g/mol. The molecule has 0 amide bonds. The van der Waals surface area contributed by atoms with Crippen molar-refractivity contribution in [3.05, 3.63) is 33.8 Å².